The van der Waals surface area contributed by atoms with Gasteiger partial charge < -0.3 is 0 Å². The molecule has 0 bridgehead atoms. The molecule has 1 atom stereocenters. The van der Waals surface area contributed by atoms with E-state index in [2.05, 4.69) is 88.5 Å². The van der Waals surface area contributed by atoms with Crippen LogP contribution in [0.2, 0.25) is 13.1 Å². The van der Waals surface area contributed by atoms with Crippen molar-refractivity contribution in [1.29, 1.82) is 0 Å². The van der Waals surface area contributed by atoms with Crippen molar-refractivity contribution in [2.24, 2.45) is 5.41 Å². The largest absolute Gasteiger partial charge is 0.0795 e. The third-order valence-electron chi connectivity index (χ3n) is 5.57. The second-order valence-electron chi connectivity index (χ2n) is 8.69. The molecule has 0 saturated heterocycles. The van der Waals surface area contributed by atoms with E-state index in [0.29, 0.717) is 5.92 Å². The maximum Gasteiger partial charge on any atom is 0.0795 e. The van der Waals surface area contributed by atoms with Gasteiger partial charge in [0.2, 0.25) is 0 Å². The molecule has 0 N–H and O–H groups in total. The van der Waals surface area contributed by atoms with Crippen LogP contribution in [0.25, 0.3) is 11.1 Å². The van der Waals surface area contributed by atoms with Crippen molar-refractivity contribution in [2.75, 3.05) is 0 Å². The van der Waals surface area contributed by atoms with E-state index in [1.807, 2.05) is 0 Å². The van der Waals surface area contributed by atoms with Gasteiger partial charge in [0, 0.05) is 5.92 Å². The summed E-state index contributed by atoms with van der Waals surface area (Å²) in [4.78, 5) is 0. The summed E-state index contributed by atoms with van der Waals surface area (Å²) in [5.74, 6) is 0.433. The van der Waals surface area contributed by atoms with Gasteiger partial charge >= 0.3 is 0 Å². The molecule has 0 saturated carbocycles. The maximum atomic E-state index is 2.52. The summed E-state index contributed by atoms with van der Waals surface area (Å²) in [7, 11) is -0.501. The van der Waals surface area contributed by atoms with E-state index in [4.69, 9.17) is 0 Å². The molecule has 2 aliphatic carbocycles. The number of rotatable bonds is 2. The number of fused-ring (bicyclic) bond motifs is 3. The maximum absolute atomic E-state index is 2.52. The SMILES string of the molecule is C[Si](C)c1cc2c(cc1C1C=CC(C(C)(C)C)=C1)-c1ccccc1C2. The predicted octanol–water partition coefficient (Wildman–Crippen LogP) is 5.85. The number of benzene rings is 2. The highest BCUT2D eigenvalue weighted by atomic mass is 28.3. The Balaban J connectivity index is 1.84. The van der Waals surface area contributed by atoms with Gasteiger partial charge in [-0.05, 0) is 45.2 Å². The van der Waals surface area contributed by atoms with Crippen molar-refractivity contribution < 1.29 is 0 Å². The zero-order chi connectivity index (χ0) is 17.8. The van der Waals surface area contributed by atoms with Crippen LogP contribution in [0.4, 0.5) is 0 Å². The Hall–Kier alpha value is -1.86. The molecule has 4 rings (SSSR count). The molecule has 0 fully saturated rings. The Morgan fingerprint density at radius 1 is 0.960 bits per heavy atom. The van der Waals surface area contributed by atoms with E-state index in [1.54, 1.807) is 5.19 Å². The van der Waals surface area contributed by atoms with Crippen LogP contribution < -0.4 is 5.19 Å². The number of allylic oxidation sites excluding steroid dienone is 4. The lowest BCUT2D eigenvalue weighted by molar-refractivity contribution is 0.517. The summed E-state index contributed by atoms with van der Waals surface area (Å²) in [6.45, 7) is 11.8. The summed E-state index contributed by atoms with van der Waals surface area (Å²) in [6.07, 6.45) is 8.32. The van der Waals surface area contributed by atoms with Gasteiger partial charge in [0.1, 0.15) is 0 Å². The van der Waals surface area contributed by atoms with Crippen molar-refractivity contribution in [3.05, 3.63) is 76.9 Å². The fourth-order valence-corrected chi connectivity index (χ4v) is 5.39. The molecule has 0 aliphatic heterocycles. The Bertz CT molecular complexity index is 891. The van der Waals surface area contributed by atoms with Crippen molar-refractivity contribution in [3.8, 4) is 11.1 Å². The van der Waals surface area contributed by atoms with Gasteiger partial charge in [0.15, 0.2) is 0 Å². The van der Waals surface area contributed by atoms with Gasteiger partial charge in [0.05, 0.1) is 8.80 Å². The van der Waals surface area contributed by atoms with Gasteiger partial charge in [0.25, 0.3) is 0 Å². The van der Waals surface area contributed by atoms with Gasteiger partial charge in [-0.2, -0.15) is 0 Å². The summed E-state index contributed by atoms with van der Waals surface area (Å²) < 4.78 is 0. The standard InChI is InChI=1S/C24H27Si/c1-24(2,3)19-11-10-17(13-19)22-15-21-18(14-23(22)25(4)5)12-16-8-6-7-9-20(16)21/h6-11,13-15,17H,12H2,1-5H3. The van der Waals surface area contributed by atoms with Crippen molar-refractivity contribution in [3.63, 3.8) is 0 Å². The van der Waals surface area contributed by atoms with Crippen molar-refractivity contribution in [1.82, 2.24) is 0 Å². The van der Waals surface area contributed by atoms with Crippen molar-refractivity contribution in [2.45, 2.75) is 46.2 Å². The average molecular weight is 344 g/mol. The number of hydrogen-bond donors (Lipinski definition) is 0. The van der Waals surface area contributed by atoms with Crippen LogP contribution in [0.15, 0.2) is 60.2 Å². The Kier molecular flexibility index (Phi) is 3.88. The molecule has 2 aromatic rings. The molecule has 0 heterocycles. The predicted molar refractivity (Wildman–Crippen MR) is 111 cm³/mol. The summed E-state index contributed by atoms with van der Waals surface area (Å²) >= 11 is 0. The van der Waals surface area contributed by atoms with Gasteiger partial charge in [-0.3, -0.25) is 0 Å². The first-order valence-electron chi connectivity index (χ1n) is 9.31. The summed E-state index contributed by atoms with van der Waals surface area (Å²) in [6, 6.07) is 13.9. The highest BCUT2D eigenvalue weighted by Gasteiger charge is 2.26. The first kappa shape index (κ1) is 16.6. The first-order valence-corrected chi connectivity index (χ1v) is 11.8. The fraction of sp³-hybridized carbons (Fsp3) is 0.333. The molecule has 0 spiro atoms. The lowest BCUT2D eigenvalue weighted by Gasteiger charge is -2.20. The van der Waals surface area contributed by atoms with Crippen molar-refractivity contribution >= 4 is 14.0 Å². The Labute approximate surface area is 153 Å². The molecule has 127 valence electrons. The van der Waals surface area contributed by atoms with Gasteiger partial charge in [-0.15, -0.1) is 0 Å². The normalized spacial score (nSPS) is 18.5. The minimum Gasteiger partial charge on any atom is -0.0729 e. The van der Waals surface area contributed by atoms with Crippen LogP contribution in [0.5, 0.6) is 0 Å². The van der Waals surface area contributed by atoms with Crippen LogP contribution in [0.3, 0.4) is 0 Å². The summed E-state index contributed by atoms with van der Waals surface area (Å²) in [5.41, 5.74) is 9.12. The molecule has 2 aromatic carbocycles. The second kappa shape index (κ2) is 5.84. The van der Waals surface area contributed by atoms with E-state index < -0.39 is 8.80 Å². The molecule has 25 heavy (non-hydrogen) atoms. The highest BCUT2D eigenvalue weighted by molar-refractivity contribution is 6.71. The van der Waals surface area contributed by atoms with Crippen LogP contribution in [-0.2, 0) is 6.42 Å². The van der Waals surface area contributed by atoms with E-state index >= 15 is 0 Å². The monoisotopic (exact) mass is 343 g/mol. The second-order valence-corrected chi connectivity index (χ2v) is 11.2. The Morgan fingerprint density at radius 2 is 1.72 bits per heavy atom. The van der Waals surface area contributed by atoms with Crippen LogP contribution in [0, 0.1) is 5.41 Å². The highest BCUT2D eigenvalue weighted by Crippen LogP contribution is 2.40. The van der Waals surface area contributed by atoms with E-state index in [0.717, 1.165) is 6.42 Å². The fourth-order valence-electron chi connectivity index (χ4n) is 4.11. The van der Waals surface area contributed by atoms with E-state index in [1.165, 1.54) is 33.4 Å². The lowest BCUT2D eigenvalue weighted by Crippen LogP contribution is -2.28. The molecule has 1 heteroatoms. The molecular formula is C24H27Si. The topological polar surface area (TPSA) is 0 Å². The first-order chi connectivity index (χ1) is 11.8. The lowest BCUT2D eigenvalue weighted by atomic mass is 9.86. The molecule has 2 aliphatic rings. The smallest absolute Gasteiger partial charge is 0.0729 e. The average Bonchev–Trinajstić information content (AvgIpc) is 3.17. The van der Waals surface area contributed by atoms with E-state index in [-0.39, 0.29) is 5.41 Å². The van der Waals surface area contributed by atoms with E-state index in [9.17, 15) is 0 Å². The Morgan fingerprint density at radius 3 is 2.40 bits per heavy atom. The minimum absolute atomic E-state index is 0.223. The zero-order valence-electron chi connectivity index (χ0n) is 16.0. The number of hydrogen-bond acceptors (Lipinski definition) is 0. The molecule has 0 aromatic heterocycles. The molecule has 1 radical (unpaired) electrons. The molecule has 0 amide bonds. The van der Waals surface area contributed by atoms with Gasteiger partial charge in [-0.1, -0.05) is 93.7 Å². The third kappa shape index (κ3) is 2.85. The van der Waals surface area contributed by atoms with Crippen LogP contribution in [0.1, 0.15) is 43.4 Å². The summed E-state index contributed by atoms with van der Waals surface area (Å²) in [5, 5.41) is 1.61. The van der Waals surface area contributed by atoms with Gasteiger partial charge in [-0.25, -0.2) is 0 Å². The quantitative estimate of drug-likeness (QED) is 0.512. The molecule has 0 nitrogen and oxygen atoms in total. The van der Waals surface area contributed by atoms with Crippen LogP contribution in [-0.4, -0.2) is 8.80 Å². The third-order valence-corrected chi connectivity index (χ3v) is 7.08. The van der Waals surface area contributed by atoms with Crippen LogP contribution >= 0.6 is 0 Å². The molecular weight excluding hydrogens is 316 g/mol. The zero-order valence-corrected chi connectivity index (χ0v) is 17.0. The minimum atomic E-state index is -0.501. The molecule has 1 unspecified atom stereocenters.